The van der Waals surface area contributed by atoms with Crippen molar-refractivity contribution in [1.82, 2.24) is 0 Å². The highest BCUT2D eigenvalue weighted by Crippen LogP contribution is 1.98. The van der Waals surface area contributed by atoms with Gasteiger partial charge in [0.15, 0.2) is 0 Å². The Kier molecular flexibility index (Phi) is 8.92. The number of hydrogen-bond donors (Lipinski definition) is 0. The molecule has 0 aliphatic rings. The maximum absolute atomic E-state index is 3.66. The predicted octanol–water partition coefficient (Wildman–Crippen LogP) is 3.68. The Bertz CT molecular complexity index is 94.9. The number of allylic oxidation sites excluding steroid dienone is 3. The molecule has 10 heavy (non-hydrogen) atoms. The molecule has 0 nitrogen and oxygen atoms in total. The SMILES string of the molecule is C=CCCC/C=C/CCBr. The summed E-state index contributed by atoms with van der Waals surface area (Å²) in [5.41, 5.74) is 0. The van der Waals surface area contributed by atoms with Gasteiger partial charge in [-0.25, -0.2) is 0 Å². The average molecular weight is 203 g/mol. The quantitative estimate of drug-likeness (QED) is 0.351. The topological polar surface area (TPSA) is 0 Å². The van der Waals surface area contributed by atoms with E-state index in [1.54, 1.807) is 0 Å². The molecule has 0 saturated heterocycles. The molecule has 0 aromatic rings. The zero-order valence-corrected chi connectivity index (χ0v) is 7.94. The van der Waals surface area contributed by atoms with Gasteiger partial charge < -0.3 is 0 Å². The predicted molar refractivity (Wildman–Crippen MR) is 51.6 cm³/mol. The maximum atomic E-state index is 3.66. The second kappa shape index (κ2) is 8.96. The molecule has 58 valence electrons. The van der Waals surface area contributed by atoms with Gasteiger partial charge in [0.05, 0.1) is 0 Å². The van der Waals surface area contributed by atoms with Crippen LogP contribution in [0.25, 0.3) is 0 Å². The second-order valence-corrected chi connectivity index (χ2v) is 2.96. The first-order valence-corrected chi connectivity index (χ1v) is 4.86. The van der Waals surface area contributed by atoms with E-state index >= 15 is 0 Å². The van der Waals surface area contributed by atoms with E-state index in [0.717, 1.165) is 18.2 Å². The summed E-state index contributed by atoms with van der Waals surface area (Å²) in [5, 5.41) is 1.07. The van der Waals surface area contributed by atoms with Crippen molar-refractivity contribution >= 4 is 15.9 Å². The zero-order valence-electron chi connectivity index (χ0n) is 6.35. The molecule has 0 saturated carbocycles. The molecular formula is C9H15Br. The average Bonchev–Trinajstić information content (AvgIpc) is 1.97. The Hall–Kier alpha value is -0.0400. The Balaban J connectivity index is 2.94. The second-order valence-electron chi connectivity index (χ2n) is 2.17. The third kappa shape index (κ3) is 7.96. The molecule has 0 aromatic heterocycles. The van der Waals surface area contributed by atoms with Gasteiger partial charge in [-0.1, -0.05) is 34.2 Å². The molecule has 1 heteroatoms. The van der Waals surface area contributed by atoms with E-state index in [4.69, 9.17) is 0 Å². The Labute approximate surface area is 72.1 Å². The van der Waals surface area contributed by atoms with Crippen molar-refractivity contribution in [3.05, 3.63) is 24.8 Å². The smallest absolute Gasteiger partial charge is 0.00659 e. The molecule has 0 unspecified atom stereocenters. The zero-order chi connectivity index (χ0) is 7.66. The first kappa shape index (κ1) is 9.96. The summed E-state index contributed by atoms with van der Waals surface area (Å²) in [6, 6.07) is 0. The van der Waals surface area contributed by atoms with Crippen molar-refractivity contribution in [2.45, 2.75) is 25.7 Å². The van der Waals surface area contributed by atoms with Crippen molar-refractivity contribution in [2.24, 2.45) is 0 Å². The third-order valence-electron chi connectivity index (χ3n) is 1.22. The van der Waals surface area contributed by atoms with E-state index in [-0.39, 0.29) is 0 Å². The number of halogens is 1. The van der Waals surface area contributed by atoms with E-state index in [1.807, 2.05) is 6.08 Å². The van der Waals surface area contributed by atoms with Gasteiger partial charge in [0.25, 0.3) is 0 Å². The molecule has 0 fully saturated rings. The van der Waals surface area contributed by atoms with Crippen LogP contribution in [0.5, 0.6) is 0 Å². The van der Waals surface area contributed by atoms with E-state index in [2.05, 4.69) is 34.7 Å². The molecule has 0 heterocycles. The van der Waals surface area contributed by atoms with Gasteiger partial charge in [0.2, 0.25) is 0 Å². The normalized spacial score (nSPS) is 10.5. The van der Waals surface area contributed by atoms with Crippen LogP contribution in [0.3, 0.4) is 0 Å². The lowest BCUT2D eigenvalue weighted by Gasteiger charge is -1.88. The minimum Gasteiger partial charge on any atom is -0.103 e. The Morgan fingerprint density at radius 1 is 1.10 bits per heavy atom. The summed E-state index contributed by atoms with van der Waals surface area (Å²) in [7, 11) is 0. The van der Waals surface area contributed by atoms with Crippen molar-refractivity contribution in [3.8, 4) is 0 Å². The van der Waals surface area contributed by atoms with E-state index in [1.165, 1.54) is 12.8 Å². The Morgan fingerprint density at radius 2 is 1.80 bits per heavy atom. The fraction of sp³-hybridized carbons (Fsp3) is 0.556. The highest BCUT2D eigenvalue weighted by molar-refractivity contribution is 9.09. The van der Waals surface area contributed by atoms with Crippen LogP contribution in [-0.2, 0) is 0 Å². The molecule has 0 radical (unpaired) electrons. The summed E-state index contributed by atoms with van der Waals surface area (Å²) >= 11 is 3.36. The summed E-state index contributed by atoms with van der Waals surface area (Å²) in [4.78, 5) is 0. The van der Waals surface area contributed by atoms with Crippen LogP contribution in [0.15, 0.2) is 24.8 Å². The molecule has 0 aromatic carbocycles. The lowest BCUT2D eigenvalue weighted by Crippen LogP contribution is -1.69. The molecule has 0 spiro atoms. The molecule has 0 rings (SSSR count). The molecule has 0 aliphatic heterocycles. The van der Waals surface area contributed by atoms with Crippen LogP contribution in [0.2, 0.25) is 0 Å². The van der Waals surface area contributed by atoms with E-state index < -0.39 is 0 Å². The first-order valence-electron chi connectivity index (χ1n) is 3.73. The largest absolute Gasteiger partial charge is 0.103 e. The third-order valence-corrected chi connectivity index (χ3v) is 1.68. The lowest BCUT2D eigenvalue weighted by molar-refractivity contribution is 0.866. The van der Waals surface area contributed by atoms with E-state index in [9.17, 15) is 0 Å². The number of unbranched alkanes of at least 4 members (excludes halogenated alkanes) is 2. The molecule has 0 atom stereocenters. The van der Waals surface area contributed by atoms with Gasteiger partial charge >= 0.3 is 0 Å². The maximum Gasteiger partial charge on any atom is 0.00659 e. The fourth-order valence-electron chi connectivity index (χ4n) is 0.679. The van der Waals surface area contributed by atoms with Crippen LogP contribution in [0, 0.1) is 0 Å². The summed E-state index contributed by atoms with van der Waals surface area (Å²) in [6.45, 7) is 3.66. The van der Waals surface area contributed by atoms with E-state index in [0.29, 0.717) is 0 Å². The first-order chi connectivity index (χ1) is 4.91. The molecular weight excluding hydrogens is 188 g/mol. The van der Waals surface area contributed by atoms with Crippen LogP contribution in [0.1, 0.15) is 25.7 Å². The van der Waals surface area contributed by atoms with Crippen LogP contribution in [-0.4, -0.2) is 5.33 Å². The highest BCUT2D eigenvalue weighted by Gasteiger charge is 1.78. The van der Waals surface area contributed by atoms with Crippen LogP contribution < -0.4 is 0 Å². The van der Waals surface area contributed by atoms with Gasteiger partial charge in [-0.05, 0) is 25.7 Å². The van der Waals surface area contributed by atoms with Crippen molar-refractivity contribution < 1.29 is 0 Å². The summed E-state index contributed by atoms with van der Waals surface area (Å²) in [6.07, 6.45) is 11.1. The van der Waals surface area contributed by atoms with Crippen molar-refractivity contribution in [2.75, 3.05) is 5.33 Å². The van der Waals surface area contributed by atoms with Gasteiger partial charge in [0, 0.05) is 5.33 Å². The fourth-order valence-corrected chi connectivity index (χ4v) is 0.943. The molecule has 0 N–H and O–H groups in total. The van der Waals surface area contributed by atoms with Crippen LogP contribution >= 0.6 is 15.9 Å². The standard InChI is InChI=1S/C9H15Br/c1-2-3-4-5-6-7-8-9-10/h2,6-7H,1,3-5,8-9H2/b7-6+. The van der Waals surface area contributed by atoms with Gasteiger partial charge in [-0.2, -0.15) is 0 Å². The lowest BCUT2D eigenvalue weighted by atomic mass is 10.2. The highest BCUT2D eigenvalue weighted by atomic mass is 79.9. The minimum absolute atomic E-state index is 1.07. The van der Waals surface area contributed by atoms with Gasteiger partial charge in [0.1, 0.15) is 0 Å². The molecule has 0 aliphatic carbocycles. The number of alkyl halides is 1. The van der Waals surface area contributed by atoms with Gasteiger partial charge in [-0.3, -0.25) is 0 Å². The summed E-state index contributed by atoms with van der Waals surface area (Å²) in [5.74, 6) is 0. The Morgan fingerprint density at radius 3 is 2.40 bits per heavy atom. The molecule has 0 amide bonds. The number of hydrogen-bond acceptors (Lipinski definition) is 0. The van der Waals surface area contributed by atoms with Crippen molar-refractivity contribution in [1.29, 1.82) is 0 Å². The molecule has 0 bridgehead atoms. The van der Waals surface area contributed by atoms with Crippen LogP contribution in [0.4, 0.5) is 0 Å². The summed E-state index contributed by atoms with van der Waals surface area (Å²) < 4.78 is 0. The monoisotopic (exact) mass is 202 g/mol. The number of rotatable bonds is 6. The van der Waals surface area contributed by atoms with Gasteiger partial charge in [-0.15, -0.1) is 6.58 Å². The minimum atomic E-state index is 1.07. The van der Waals surface area contributed by atoms with Crippen molar-refractivity contribution in [3.63, 3.8) is 0 Å².